The number of piperidine rings is 1. The van der Waals surface area contributed by atoms with Crippen molar-refractivity contribution in [1.29, 1.82) is 0 Å². The molecule has 0 saturated carbocycles. The second-order valence-corrected chi connectivity index (χ2v) is 11.3. The first-order valence-corrected chi connectivity index (χ1v) is 12.2. The summed E-state index contributed by atoms with van der Waals surface area (Å²) < 4.78 is 23.6. The summed E-state index contributed by atoms with van der Waals surface area (Å²) in [6.07, 6.45) is 3.11. The van der Waals surface area contributed by atoms with Gasteiger partial charge in [-0.05, 0) is 72.8 Å². The van der Waals surface area contributed by atoms with E-state index in [-0.39, 0.29) is 12.1 Å². The molecule has 1 aromatic carbocycles. The third kappa shape index (κ3) is 5.48. The molecule has 1 N–H and O–H groups in total. The van der Waals surface area contributed by atoms with Gasteiger partial charge in [0.15, 0.2) is 0 Å². The van der Waals surface area contributed by atoms with Crippen LogP contribution in [0.15, 0.2) is 18.3 Å². The normalized spacial score (nSPS) is 20.2. The third-order valence-corrected chi connectivity index (χ3v) is 6.90. The summed E-state index contributed by atoms with van der Waals surface area (Å²) in [5, 5.41) is 4.26. The van der Waals surface area contributed by atoms with Crippen LogP contribution in [0.1, 0.15) is 61.3 Å². The Balaban J connectivity index is 1.46. The number of anilines is 1. The number of aromatic nitrogens is 2. The highest BCUT2D eigenvalue weighted by atomic mass is 16.7. The number of carbonyl (C=O) groups excluding carboxylic acids is 1. The number of carbonyl (C=O) groups is 1. The molecule has 0 unspecified atom stereocenters. The Morgan fingerprint density at radius 2 is 1.77 bits per heavy atom. The average Bonchev–Trinajstić information content (AvgIpc) is 2.99. The lowest BCUT2D eigenvalue weighted by atomic mass is 9.78. The molecular formula is C25H37BN4O5. The Hall–Kier alpha value is -2.59. The van der Waals surface area contributed by atoms with E-state index < -0.39 is 23.9 Å². The zero-order valence-electron chi connectivity index (χ0n) is 22.1. The van der Waals surface area contributed by atoms with Gasteiger partial charge in [0.05, 0.1) is 18.3 Å². The lowest BCUT2D eigenvalue weighted by Gasteiger charge is -2.33. The van der Waals surface area contributed by atoms with E-state index in [9.17, 15) is 4.79 Å². The number of nitrogens with zero attached hydrogens (tertiary/aromatic N) is 3. The van der Waals surface area contributed by atoms with Crippen LogP contribution in [-0.2, 0) is 14.0 Å². The van der Waals surface area contributed by atoms with Gasteiger partial charge in [0.25, 0.3) is 0 Å². The number of methoxy groups -OCH3 is 1. The number of rotatable bonds is 4. The summed E-state index contributed by atoms with van der Waals surface area (Å²) in [5.41, 5.74) is 0.238. The highest BCUT2D eigenvalue weighted by molar-refractivity contribution is 6.62. The number of amides is 1. The third-order valence-electron chi connectivity index (χ3n) is 6.90. The fourth-order valence-electron chi connectivity index (χ4n) is 4.19. The molecule has 190 valence electrons. The van der Waals surface area contributed by atoms with Crippen LogP contribution in [0.5, 0.6) is 5.75 Å². The SMILES string of the molecule is COc1cc(B2OC(C)(C)C(C)(C)O2)cc2cnc(NC3CCN(C(=O)OC(C)(C)C)CC3)nc12. The number of benzene rings is 1. The predicted octanol–water partition coefficient (Wildman–Crippen LogP) is 3.75. The maximum Gasteiger partial charge on any atom is 0.494 e. The first kappa shape index (κ1) is 25.5. The standard InChI is InChI=1S/C25H37BN4O5/c1-23(2,3)33-22(31)30-11-9-18(10-12-30)28-21-27-15-16-13-17(14-19(32-8)20(16)29-21)26-34-24(4,5)25(6,7)35-26/h13-15,18H,9-12H2,1-8H3,(H,27,28,29). The van der Waals surface area contributed by atoms with E-state index >= 15 is 0 Å². The molecule has 1 aromatic heterocycles. The lowest BCUT2D eigenvalue weighted by Crippen LogP contribution is -2.44. The number of hydrogen-bond donors (Lipinski definition) is 1. The summed E-state index contributed by atoms with van der Waals surface area (Å²) in [6, 6.07) is 4.07. The van der Waals surface area contributed by atoms with Gasteiger partial charge in [0.1, 0.15) is 16.9 Å². The molecule has 10 heteroatoms. The van der Waals surface area contributed by atoms with Crippen LogP contribution in [0.2, 0.25) is 0 Å². The second kappa shape index (κ2) is 9.13. The van der Waals surface area contributed by atoms with Crippen molar-refractivity contribution in [1.82, 2.24) is 14.9 Å². The van der Waals surface area contributed by atoms with Gasteiger partial charge in [0, 0.05) is 30.7 Å². The Morgan fingerprint density at radius 1 is 1.14 bits per heavy atom. The minimum Gasteiger partial charge on any atom is -0.494 e. The van der Waals surface area contributed by atoms with Gasteiger partial charge in [-0.1, -0.05) is 6.07 Å². The first-order valence-electron chi connectivity index (χ1n) is 12.2. The molecule has 0 atom stereocenters. The summed E-state index contributed by atoms with van der Waals surface area (Å²) in [5.74, 6) is 1.17. The topological polar surface area (TPSA) is 95.0 Å². The van der Waals surface area contributed by atoms with Gasteiger partial charge in [-0.25, -0.2) is 14.8 Å². The minimum absolute atomic E-state index is 0.168. The van der Waals surface area contributed by atoms with Crippen molar-refractivity contribution >= 4 is 35.5 Å². The van der Waals surface area contributed by atoms with E-state index in [1.165, 1.54) is 0 Å². The maximum atomic E-state index is 12.3. The summed E-state index contributed by atoms with van der Waals surface area (Å²) in [6.45, 7) is 15.0. The molecule has 4 rings (SSSR count). The number of ether oxygens (including phenoxy) is 2. The first-order chi connectivity index (χ1) is 16.3. The highest BCUT2D eigenvalue weighted by Gasteiger charge is 2.51. The van der Waals surface area contributed by atoms with Gasteiger partial charge in [-0.2, -0.15) is 0 Å². The van der Waals surface area contributed by atoms with Crippen molar-refractivity contribution in [2.24, 2.45) is 0 Å². The van der Waals surface area contributed by atoms with Gasteiger partial charge in [-0.15, -0.1) is 0 Å². The number of nitrogens with one attached hydrogen (secondary N) is 1. The van der Waals surface area contributed by atoms with Crippen molar-refractivity contribution < 1.29 is 23.6 Å². The largest absolute Gasteiger partial charge is 0.494 e. The summed E-state index contributed by atoms with van der Waals surface area (Å²) in [7, 11) is 1.14. The molecular weight excluding hydrogens is 447 g/mol. The van der Waals surface area contributed by atoms with Gasteiger partial charge in [0.2, 0.25) is 5.95 Å². The van der Waals surface area contributed by atoms with E-state index in [2.05, 4.69) is 10.3 Å². The molecule has 3 heterocycles. The maximum absolute atomic E-state index is 12.3. The van der Waals surface area contributed by atoms with Gasteiger partial charge >= 0.3 is 13.2 Å². The molecule has 0 bridgehead atoms. The summed E-state index contributed by atoms with van der Waals surface area (Å²) in [4.78, 5) is 23.3. The zero-order chi connectivity index (χ0) is 25.6. The second-order valence-electron chi connectivity index (χ2n) is 11.3. The van der Waals surface area contributed by atoms with Crippen molar-refractivity contribution in [2.45, 2.75) is 84.2 Å². The Kier molecular flexibility index (Phi) is 6.65. The number of fused-ring (bicyclic) bond motifs is 1. The van der Waals surface area contributed by atoms with Crippen LogP contribution in [-0.4, -0.2) is 71.1 Å². The van der Waals surface area contributed by atoms with E-state index in [4.69, 9.17) is 23.8 Å². The molecule has 0 spiro atoms. The van der Waals surface area contributed by atoms with Gasteiger partial charge in [-0.3, -0.25) is 0 Å². The Labute approximate surface area is 208 Å². The van der Waals surface area contributed by atoms with Crippen molar-refractivity contribution in [2.75, 3.05) is 25.5 Å². The fraction of sp³-hybridized carbons (Fsp3) is 0.640. The van der Waals surface area contributed by atoms with Crippen LogP contribution in [0.3, 0.4) is 0 Å². The van der Waals surface area contributed by atoms with Gasteiger partial charge < -0.3 is 29.0 Å². The van der Waals surface area contributed by atoms with Crippen LogP contribution in [0.4, 0.5) is 10.7 Å². The van der Waals surface area contributed by atoms with Crippen LogP contribution in [0.25, 0.3) is 10.9 Å². The molecule has 2 saturated heterocycles. The smallest absolute Gasteiger partial charge is 0.494 e. The van der Waals surface area contributed by atoms with Crippen LogP contribution in [0, 0.1) is 0 Å². The average molecular weight is 484 g/mol. The Bertz CT molecular complexity index is 1080. The van der Waals surface area contributed by atoms with E-state index in [0.717, 1.165) is 29.2 Å². The molecule has 2 aromatic rings. The van der Waals surface area contributed by atoms with Crippen LogP contribution < -0.4 is 15.5 Å². The number of likely N-dealkylation sites (tertiary alicyclic amines) is 1. The van der Waals surface area contributed by atoms with Crippen molar-refractivity contribution in [3.8, 4) is 5.75 Å². The molecule has 0 aliphatic carbocycles. The molecule has 9 nitrogen and oxygen atoms in total. The highest BCUT2D eigenvalue weighted by Crippen LogP contribution is 2.37. The van der Waals surface area contributed by atoms with E-state index in [1.807, 2.05) is 60.6 Å². The van der Waals surface area contributed by atoms with Crippen molar-refractivity contribution in [3.05, 3.63) is 18.3 Å². The molecule has 1 amide bonds. The lowest BCUT2D eigenvalue weighted by molar-refractivity contribution is 0.00578. The zero-order valence-corrected chi connectivity index (χ0v) is 22.1. The molecule has 35 heavy (non-hydrogen) atoms. The fourth-order valence-corrected chi connectivity index (χ4v) is 4.19. The molecule has 2 aliphatic rings. The predicted molar refractivity (Wildman–Crippen MR) is 136 cm³/mol. The Morgan fingerprint density at radius 3 is 2.34 bits per heavy atom. The number of hydrogen-bond acceptors (Lipinski definition) is 8. The van der Waals surface area contributed by atoms with E-state index in [0.29, 0.717) is 24.8 Å². The van der Waals surface area contributed by atoms with E-state index in [1.54, 1.807) is 18.2 Å². The molecule has 2 aliphatic heterocycles. The monoisotopic (exact) mass is 484 g/mol. The van der Waals surface area contributed by atoms with Crippen LogP contribution >= 0.6 is 0 Å². The molecule has 0 radical (unpaired) electrons. The minimum atomic E-state index is -0.494. The van der Waals surface area contributed by atoms with Crippen molar-refractivity contribution in [3.63, 3.8) is 0 Å². The summed E-state index contributed by atoms with van der Waals surface area (Å²) >= 11 is 0. The molecule has 2 fully saturated rings. The quantitative estimate of drug-likeness (QED) is 0.656.